The molecule has 0 spiro atoms. The molecule has 10 heteroatoms. The molecular formula is C25H22N6O2S2. The van der Waals surface area contributed by atoms with Crippen molar-refractivity contribution in [1.82, 2.24) is 30.2 Å². The number of nitrogens with one attached hydrogen (secondary N) is 1. The van der Waals surface area contributed by atoms with Crippen LogP contribution in [0, 0.1) is 6.92 Å². The molecule has 0 atom stereocenters. The number of ether oxygens (including phenoxy) is 1. The van der Waals surface area contributed by atoms with E-state index in [1.54, 1.807) is 11.8 Å². The molecular weight excluding hydrogens is 480 g/mol. The van der Waals surface area contributed by atoms with Crippen molar-refractivity contribution in [1.29, 1.82) is 0 Å². The van der Waals surface area contributed by atoms with E-state index >= 15 is 0 Å². The number of thiophene rings is 1. The van der Waals surface area contributed by atoms with Gasteiger partial charge in [0.1, 0.15) is 17.0 Å². The number of aromatic nitrogens is 6. The van der Waals surface area contributed by atoms with Crippen LogP contribution in [0.25, 0.3) is 33.5 Å². The topological polar surface area (TPSA) is 98.6 Å². The normalized spacial score (nSPS) is 11.1. The van der Waals surface area contributed by atoms with Crippen LogP contribution in [0.1, 0.15) is 20.1 Å². The average molecular weight is 503 g/mol. The Hall–Kier alpha value is -3.76. The lowest BCUT2D eigenvalue weighted by Gasteiger charge is -2.09. The summed E-state index contributed by atoms with van der Waals surface area (Å²) in [5.74, 6) is 0.950. The first-order chi connectivity index (χ1) is 17.1. The zero-order chi connectivity index (χ0) is 24.4. The number of aromatic amines is 1. The smallest absolute Gasteiger partial charge is 0.350 e. The first-order valence-electron chi connectivity index (χ1n) is 10.9. The van der Waals surface area contributed by atoms with Crippen molar-refractivity contribution in [3.8, 4) is 22.5 Å². The summed E-state index contributed by atoms with van der Waals surface area (Å²) in [4.78, 5) is 19.3. The molecule has 35 heavy (non-hydrogen) atoms. The van der Waals surface area contributed by atoms with E-state index in [1.165, 1.54) is 11.3 Å². The van der Waals surface area contributed by atoms with Crippen molar-refractivity contribution in [2.24, 2.45) is 7.05 Å². The van der Waals surface area contributed by atoms with E-state index in [2.05, 4.69) is 27.2 Å². The number of imidazole rings is 1. The van der Waals surface area contributed by atoms with Crippen LogP contribution in [0.2, 0.25) is 0 Å². The fourth-order valence-corrected chi connectivity index (χ4v) is 5.56. The minimum atomic E-state index is -0.345. The molecule has 2 aromatic carbocycles. The Labute approximate surface area is 210 Å². The Morgan fingerprint density at radius 1 is 1.20 bits per heavy atom. The van der Waals surface area contributed by atoms with E-state index in [-0.39, 0.29) is 12.6 Å². The summed E-state index contributed by atoms with van der Waals surface area (Å²) in [6.07, 6.45) is 1.84. The van der Waals surface area contributed by atoms with Crippen LogP contribution in [0.5, 0.6) is 0 Å². The molecule has 176 valence electrons. The predicted molar refractivity (Wildman–Crippen MR) is 138 cm³/mol. The number of H-pyrrole nitrogens is 1. The zero-order valence-electron chi connectivity index (χ0n) is 19.2. The summed E-state index contributed by atoms with van der Waals surface area (Å²) in [6.45, 7) is 5.92. The number of carbonyl (C=O) groups excluding carboxylic acids is 1. The monoisotopic (exact) mass is 502 g/mol. The zero-order valence-corrected chi connectivity index (χ0v) is 20.8. The Kier molecular flexibility index (Phi) is 6.47. The molecule has 0 unspecified atom stereocenters. The summed E-state index contributed by atoms with van der Waals surface area (Å²) < 4.78 is 7.64. The van der Waals surface area contributed by atoms with Crippen LogP contribution < -0.4 is 0 Å². The number of esters is 1. The van der Waals surface area contributed by atoms with E-state index in [1.807, 2.05) is 73.1 Å². The first kappa shape index (κ1) is 23.0. The summed E-state index contributed by atoms with van der Waals surface area (Å²) in [6, 6.07) is 15.8. The number of aryl methyl sites for hydroxylation is 2. The van der Waals surface area contributed by atoms with Gasteiger partial charge in [-0.05, 0) is 28.8 Å². The van der Waals surface area contributed by atoms with E-state index in [0.717, 1.165) is 49.1 Å². The van der Waals surface area contributed by atoms with Crippen LogP contribution in [0.15, 0.2) is 66.3 Å². The van der Waals surface area contributed by atoms with Crippen molar-refractivity contribution >= 4 is 40.1 Å². The number of carbonyl (C=O) groups is 1. The highest BCUT2D eigenvalue weighted by Crippen LogP contribution is 2.34. The molecule has 3 aromatic heterocycles. The lowest BCUT2D eigenvalue weighted by Crippen LogP contribution is -2.05. The molecule has 0 fully saturated rings. The maximum atomic E-state index is 13.0. The molecule has 1 N–H and O–H groups in total. The van der Waals surface area contributed by atoms with Gasteiger partial charge in [-0.25, -0.2) is 9.78 Å². The third-order valence-corrected chi connectivity index (χ3v) is 7.61. The molecule has 8 nitrogen and oxygen atoms in total. The summed E-state index contributed by atoms with van der Waals surface area (Å²) in [5, 5.41) is 15.2. The summed E-state index contributed by atoms with van der Waals surface area (Å²) in [7, 11) is 1.93. The minimum absolute atomic E-state index is 0.181. The van der Waals surface area contributed by atoms with E-state index in [9.17, 15) is 4.79 Å². The van der Waals surface area contributed by atoms with Gasteiger partial charge >= 0.3 is 5.97 Å². The molecule has 5 aromatic rings. The van der Waals surface area contributed by atoms with E-state index < -0.39 is 0 Å². The van der Waals surface area contributed by atoms with Gasteiger partial charge in [0.25, 0.3) is 0 Å². The molecule has 0 aliphatic carbocycles. The Morgan fingerprint density at radius 3 is 2.69 bits per heavy atom. The van der Waals surface area contributed by atoms with Gasteiger partial charge in [-0.1, -0.05) is 66.4 Å². The highest BCUT2D eigenvalue weighted by atomic mass is 32.2. The maximum absolute atomic E-state index is 13.0. The van der Waals surface area contributed by atoms with Crippen LogP contribution in [-0.2, 0) is 18.4 Å². The fraction of sp³-hybridized carbons (Fsp3) is 0.160. The molecule has 5 rings (SSSR count). The van der Waals surface area contributed by atoms with Crippen molar-refractivity contribution in [2.45, 2.75) is 18.7 Å². The quantitative estimate of drug-likeness (QED) is 0.172. The van der Waals surface area contributed by atoms with Crippen molar-refractivity contribution < 1.29 is 9.53 Å². The van der Waals surface area contributed by atoms with Gasteiger partial charge in [0.05, 0.1) is 5.52 Å². The predicted octanol–water partition coefficient (Wildman–Crippen LogP) is 5.43. The molecule has 0 saturated heterocycles. The summed E-state index contributed by atoms with van der Waals surface area (Å²) in [5.41, 5.74) is 5.46. The average Bonchev–Trinajstić information content (AvgIpc) is 3.60. The Balaban J connectivity index is 1.32. The molecule has 0 aliphatic heterocycles. The maximum Gasteiger partial charge on any atom is 0.350 e. The lowest BCUT2D eigenvalue weighted by atomic mass is 9.98. The van der Waals surface area contributed by atoms with E-state index in [0.29, 0.717) is 10.7 Å². The van der Waals surface area contributed by atoms with Gasteiger partial charge in [-0.3, -0.25) is 0 Å². The SMILES string of the molecule is C=CCSc1nc2c(C)sc(C(=O)OCc3ccc(-c4ccccc4-c4nn[nH]n4)cc3)c2n1C. The number of tetrazole rings is 1. The number of benzene rings is 2. The largest absolute Gasteiger partial charge is 0.457 e. The molecule has 0 bridgehead atoms. The summed E-state index contributed by atoms with van der Waals surface area (Å²) >= 11 is 3.01. The van der Waals surface area contributed by atoms with Gasteiger partial charge in [-0.2, -0.15) is 5.21 Å². The second-order valence-electron chi connectivity index (χ2n) is 7.79. The van der Waals surface area contributed by atoms with Crippen molar-refractivity contribution in [3.05, 3.63) is 76.5 Å². The second-order valence-corrected chi connectivity index (χ2v) is 10.0. The van der Waals surface area contributed by atoms with Crippen molar-refractivity contribution in [3.63, 3.8) is 0 Å². The Bertz CT molecular complexity index is 1500. The number of nitrogens with zero attached hydrogens (tertiary/aromatic N) is 5. The van der Waals surface area contributed by atoms with Crippen molar-refractivity contribution in [2.75, 3.05) is 5.75 Å². The van der Waals surface area contributed by atoms with Crippen LogP contribution in [-0.4, -0.2) is 41.9 Å². The van der Waals surface area contributed by atoms with Gasteiger partial charge in [0.15, 0.2) is 5.16 Å². The third kappa shape index (κ3) is 4.50. The van der Waals surface area contributed by atoms with Gasteiger partial charge in [0, 0.05) is 23.2 Å². The number of hydrogen-bond donors (Lipinski definition) is 1. The highest BCUT2D eigenvalue weighted by molar-refractivity contribution is 7.99. The fourth-order valence-electron chi connectivity index (χ4n) is 3.83. The van der Waals surface area contributed by atoms with Gasteiger partial charge < -0.3 is 9.30 Å². The minimum Gasteiger partial charge on any atom is -0.457 e. The number of hydrogen-bond acceptors (Lipinski definition) is 8. The number of rotatable bonds is 8. The van der Waals surface area contributed by atoms with Gasteiger partial charge in [0.2, 0.25) is 5.82 Å². The van der Waals surface area contributed by atoms with Crippen LogP contribution >= 0.6 is 23.1 Å². The molecule has 0 radical (unpaired) electrons. The highest BCUT2D eigenvalue weighted by Gasteiger charge is 2.23. The van der Waals surface area contributed by atoms with Gasteiger partial charge in [-0.15, -0.1) is 28.1 Å². The number of fused-ring (bicyclic) bond motifs is 1. The molecule has 0 saturated carbocycles. The Morgan fingerprint density at radius 2 is 1.97 bits per heavy atom. The lowest BCUT2D eigenvalue weighted by molar-refractivity contribution is 0.0480. The van der Waals surface area contributed by atoms with Crippen LogP contribution in [0.4, 0.5) is 0 Å². The molecule has 0 amide bonds. The second kappa shape index (κ2) is 9.85. The molecule has 0 aliphatic rings. The number of thioether (sulfide) groups is 1. The standard InChI is InChI=1S/C25H22N6O2S2/c1-4-13-34-25-26-20-15(2)35-22(21(20)31(25)3)24(32)33-14-16-9-11-17(12-10-16)18-7-5-6-8-19(18)23-27-29-30-28-23/h4-12H,1,13-14H2,2-3H3,(H,27,28,29,30). The first-order valence-corrected chi connectivity index (χ1v) is 12.7. The van der Waals surface area contributed by atoms with E-state index in [4.69, 9.17) is 9.72 Å². The molecule has 3 heterocycles. The third-order valence-electron chi connectivity index (χ3n) is 5.52. The van der Waals surface area contributed by atoms with Crippen LogP contribution in [0.3, 0.4) is 0 Å².